The van der Waals surface area contributed by atoms with Crippen molar-refractivity contribution in [3.05, 3.63) is 76.6 Å². The molecule has 1 saturated heterocycles. The van der Waals surface area contributed by atoms with Crippen molar-refractivity contribution in [2.24, 2.45) is 0 Å². The molecule has 212 valence electrons. The summed E-state index contributed by atoms with van der Waals surface area (Å²) in [6, 6.07) is 10.4. The molecule has 11 nitrogen and oxygen atoms in total. The maximum atomic E-state index is 13.2. The molecule has 40 heavy (non-hydrogen) atoms. The van der Waals surface area contributed by atoms with Crippen LogP contribution in [0.3, 0.4) is 0 Å². The molecule has 2 heterocycles. The van der Waals surface area contributed by atoms with Crippen molar-refractivity contribution >= 4 is 47.2 Å². The summed E-state index contributed by atoms with van der Waals surface area (Å²) < 4.78 is 13.2. The Labute approximate surface area is 235 Å². The van der Waals surface area contributed by atoms with E-state index in [9.17, 15) is 18.8 Å². The number of anilines is 2. The predicted octanol–water partition coefficient (Wildman–Crippen LogP) is 4.01. The summed E-state index contributed by atoms with van der Waals surface area (Å²) >= 11 is 5.94. The number of hydrogen-bond donors (Lipinski definition) is 5. The SMILES string of the molecule is C[C@H]1CCCCN1CCNC(=O)c1[nH]cnc1C(=O)Nc1ccc(NC(=O)c2ccc(F)cc2Cl)cc1.O=CO. The van der Waals surface area contributed by atoms with Crippen molar-refractivity contribution in [3.8, 4) is 0 Å². The van der Waals surface area contributed by atoms with Crippen LogP contribution >= 0.6 is 11.6 Å². The molecule has 1 fully saturated rings. The number of nitrogens with one attached hydrogen (secondary N) is 4. The largest absolute Gasteiger partial charge is 0.483 e. The Bertz CT molecular complexity index is 1330. The highest BCUT2D eigenvalue weighted by molar-refractivity contribution is 6.34. The number of nitrogens with zero attached hydrogens (tertiary/aromatic N) is 2. The molecule has 3 aromatic rings. The van der Waals surface area contributed by atoms with Crippen LogP contribution in [0.5, 0.6) is 0 Å². The van der Waals surface area contributed by atoms with Crippen molar-refractivity contribution in [3.63, 3.8) is 0 Å². The summed E-state index contributed by atoms with van der Waals surface area (Å²) in [5.41, 5.74) is 1.09. The van der Waals surface area contributed by atoms with E-state index < -0.39 is 23.5 Å². The maximum Gasteiger partial charge on any atom is 0.290 e. The fourth-order valence-corrected chi connectivity index (χ4v) is 4.48. The maximum absolute atomic E-state index is 13.2. The van der Waals surface area contributed by atoms with Gasteiger partial charge in [0.15, 0.2) is 5.69 Å². The number of likely N-dealkylation sites (tertiary alicyclic amines) is 1. The Balaban J connectivity index is 0.00000141. The van der Waals surface area contributed by atoms with Gasteiger partial charge in [-0.15, -0.1) is 0 Å². The zero-order chi connectivity index (χ0) is 29.1. The van der Waals surface area contributed by atoms with E-state index in [-0.39, 0.29) is 28.4 Å². The van der Waals surface area contributed by atoms with Crippen LogP contribution in [0.2, 0.25) is 5.02 Å². The Morgan fingerprint density at radius 3 is 2.38 bits per heavy atom. The lowest BCUT2D eigenvalue weighted by molar-refractivity contribution is -0.122. The highest BCUT2D eigenvalue weighted by atomic mass is 35.5. The number of hydrogen-bond acceptors (Lipinski definition) is 6. The Morgan fingerprint density at radius 1 is 1.10 bits per heavy atom. The van der Waals surface area contributed by atoms with Crippen molar-refractivity contribution in [1.29, 1.82) is 0 Å². The molecular formula is C27H30ClFN6O5. The van der Waals surface area contributed by atoms with Gasteiger partial charge in [0.05, 0.1) is 16.9 Å². The zero-order valence-corrected chi connectivity index (χ0v) is 22.5. The van der Waals surface area contributed by atoms with E-state index in [0.29, 0.717) is 24.0 Å². The number of rotatable bonds is 8. The van der Waals surface area contributed by atoms with Crippen molar-refractivity contribution < 1.29 is 28.7 Å². The lowest BCUT2D eigenvalue weighted by Gasteiger charge is -2.33. The first-order valence-corrected chi connectivity index (χ1v) is 12.9. The van der Waals surface area contributed by atoms with E-state index in [0.717, 1.165) is 31.6 Å². The Kier molecular flexibility index (Phi) is 11.2. The number of carbonyl (C=O) groups excluding carboxylic acids is 3. The molecule has 1 aliphatic rings. The minimum absolute atomic E-state index is 0.00119. The summed E-state index contributed by atoms with van der Waals surface area (Å²) in [6.45, 7) is 4.19. The van der Waals surface area contributed by atoms with Gasteiger partial charge < -0.3 is 26.0 Å². The molecule has 3 amide bonds. The number of amides is 3. The molecule has 0 aliphatic carbocycles. The fraction of sp³-hybridized carbons (Fsp3) is 0.296. The van der Waals surface area contributed by atoms with Crippen LogP contribution in [0.15, 0.2) is 48.8 Å². The standard InChI is InChI=1S/C26H28ClFN6O3.CH2O2/c1-16-4-2-3-12-34(16)13-11-29-25(36)22-23(31-15-30-22)26(37)33-19-8-6-18(7-9-19)32-24(35)20-10-5-17(28)14-21(20)27;2-1-3/h5-10,14-16H,2-4,11-13H2,1H3,(H,29,36)(H,30,31)(H,32,35)(H,33,37);1H,(H,2,3)/t16-;/m0./s1. The smallest absolute Gasteiger partial charge is 0.290 e. The Hall–Kier alpha value is -4.29. The van der Waals surface area contributed by atoms with Gasteiger partial charge in [0.1, 0.15) is 11.5 Å². The van der Waals surface area contributed by atoms with E-state index in [1.165, 1.54) is 25.2 Å². The Morgan fingerprint density at radius 2 is 1.75 bits per heavy atom. The van der Waals surface area contributed by atoms with Crippen molar-refractivity contribution in [2.75, 3.05) is 30.3 Å². The summed E-state index contributed by atoms with van der Waals surface area (Å²) in [6.07, 6.45) is 4.86. The molecule has 5 N–H and O–H groups in total. The summed E-state index contributed by atoms with van der Waals surface area (Å²) in [4.78, 5) is 55.3. The average Bonchev–Trinajstić information content (AvgIpc) is 3.42. The monoisotopic (exact) mass is 572 g/mol. The fourth-order valence-electron chi connectivity index (χ4n) is 4.23. The topological polar surface area (TPSA) is 157 Å². The first kappa shape index (κ1) is 30.3. The van der Waals surface area contributed by atoms with Crippen molar-refractivity contribution in [1.82, 2.24) is 20.2 Å². The second-order valence-electron chi connectivity index (χ2n) is 8.98. The van der Waals surface area contributed by atoms with Gasteiger partial charge in [-0.2, -0.15) is 0 Å². The summed E-state index contributed by atoms with van der Waals surface area (Å²) in [5.74, 6) is -1.98. The highest BCUT2D eigenvalue weighted by Gasteiger charge is 2.22. The third-order valence-electron chi connectivity index (χ3n) is 6.28. The second kappa shape index (κ2) is 14.8. The number of imidazole rings is 1. The number of carboxylic acid groups (broad SMARTS) is 1. The predicted molar refractivity (Wildman–Crippen MR) is 148 cm³/mol. The normalized spacial score (nSPS) is 14.8. The summed E-state index contributed by atoms with van der Waals surface area (Å²) in [7, 11) is 0. The molecule has 0 unspecified atom stereocenters. The molecule has 1 aromatic heterocycles. The number of aromatic amines is 1. The van der Waals surface area contributed by atoms with Gasteiger partial charge >= 0.3 is 0 Å². The van der Waals surface area contributed by atoms with Gasteiger partial charge in [0.25, 0.3) is 24.2 Å². The van der Waals surface area contributed by atoms with E-state index >= 15 is 0 Å². The third-order valence-corrected chi connectivity index (χ3v) is 6.60. The molecule has 1 aliphatic heterocycles. The van der Waals surface area contributed by atoms with Crippen LogP contribution in [0, 0.1) is 5.82 Å². The van der Waals surface area contributed by atoms with Gasteiger partial charge in [-0.1, -0.05) is 18.0 Å². The van der Waals surface area contributed by atoms with Gasteiger partial charge in [-0.3, -0.25) is 24.1 Å². The molecular weight excluding hydrogens is 543 g/mol. The van der Waals surface area contributed by atoms with Crippen LogP contribution in [0.25, 0.3) is 0 Å². The zero-order valence-electron chi connectivity index (χ0n) is 21.7. The number of H-pyrrole nitrogens is 1. The van der Waals surface area contributed by atoms with E-state index in [1.807, 2.05) is 0 Å². The first-order chi connectivity index (χ1) is 19.2. The quantitative estimate of drug-likeness (QED) is 0.255. The first-order valence-electron chi connectivity index (χ1n) is 12.5. The number of halogens is 2. The molecule has 0 spiro atoms. The van der Waals surface area contributed by atoms with Crippen LogP contribution in [0.1, 0.15) is 57.5 Å². The number of carbonyl (C=O) groups is 4. The molecule has 1 atom stereocenters. The highest BCUT2D eigenvalue weighted by Crippen LogP contribution is 2.20. The van der Waals surface area contributed by atoms with Gasteiger partial charge in [0.2, 0.25) is 0 Å². The van der Waals surface area contributed by atoms with Crippen molar-refractivity contribution in [2.45, 2.75) is 32.2 Å². The molecule has 0 bridgehead atoms. The minimum Gasteiger partial charge on any atom is -0.483 e. The summed E-state index contributed by atoms with van der Waals surface area (Å²) in [5, 5.41) is 15.1. The molecule has 2 aromatic carbocycles. The van der Waals surface area contributed by atoms with E-state index in [2.05, 4.69) is 37.7 Å². The van der Waals surface area contributed by atoms with Gasteiger partial charge in [-0.25, -0.2) is 9.37 Å². The molecule has 0 radical (unpaired) electrons. The number of aromatic nitrogens is 2. The van der Waals surface area contributed by atoms with E-state index in [1.54, 1.807) is 24.3 Å². The second-order valence-corrected chi connectivity index (χ2v) is 9.39. The van der Waals surface area contributed by atoms with Crippen LogP contribution < -0.4 is 16.0 Å². The van der Waals surface area contributed by atoms with Gasteiger partial charge in [-0.05, 0) is 68.8 Å². The third kappa shape index (κ3) is 8.35. The van der Waals surface area contributed by atoms with Crippen LogP contribution in [-0.2, 0) is 4.79 Å². The molecule has 0 saturated carbocycles. The molecule has 4 rings (SSSR count). The lowest BCUT2D eigenvalue weighted by atomic mass is 10.0. The average molecular weight is 573 g/mol. The lowest BCUT2D eigenvalue weighted by Crippen LogP contribution is -2.42. The van der Waals surface area contributed by atoms with Crippen LogP contribution in [-0.4, -0.2) is 69.8 Å². The molecule has 13 heteroatoms. The number of benzene rings is 2. The van der Waals surface area contributed by atoms with E-state index in [4.69, 9.17) is 21.5 Å². The minimum atomic E-state index is -0.550. The van der Waals surface area contributed by atoms with Crippen LogP contribution in [0.4, 0.5) is 15.8 Å². The number of piperidine rings is 1. The van der Waals surface area contributed by atoms with Gasteiger partial charge in [0, 0.05) is 30.5 Å².